The van der Waals surface area contributed by atoms with Crippen LogP contribution in [0.2, 0.25) is 0 Å². The summed E-state index contributed by atoms with van der Waals surface area (Å²) < 4.78 is 1.89. The van der Waals surface area contributed by atoms with Gasteiger partial charge in [-0.3, -0.25) is 0 Å². The number of benzene rings is 1. The number of nitrogen functional groups attached to an aromatic ring is 1. The van der Waals surface area contributed by atoms with E-state index in [-0.39, 0.29) is 0 Å². The topological polar surface area (TPSA) is 69.6 Å². The van der Waals surface area contributed by atoms with E-state index in [4.69, 9.17) is 5.73 Å². The van der Waals surface area contributed by atoms with Crippen molar-refractivity contribution in [2.75, 3.05) is 5.73 Å². The van der Waals surface area contributed by atoms with E-state index in [1.807, 2.05) is 22.9 Å². The lowest BCUT2D eigenvalue weighted by Gasteiger charge is -2.07. The SMILES string of the molecule is Cc1ccc(N)cc1-c1nnnn1CCCC1CC1. The van der Waals surface area contributed by atoms with E-state index in [1.165, 1.54) is 19.3 Å². The Labute approximate surface area is 112 Å². The van der Waals surface area contributed by atoms with E-state index in [1.54, 1.807) is 0 Å². The summed E-state index contributed by atoms with van der Waals surface area (Å²) >= 11 is 0. The molecule has 1 aliphatic carbocycles. The van der Waals surface area contributed by atoms with Gasteiger partial charge in [-0.1, -0.05) is 18.9 Å². The van der Waals surface area contributed by atoms with Crippen molar-refractivity contribution in [2.24, 2.45) is 5.92 Å². The van der Waals surface area contributed by atoms with Crippen molar-refractivity contribution < 1.29 is 0 Å². The molecule has 1 fully saturated rings. The molecular weight excluding hydrogens is 238 g/mol. The molecule has 2 aromatic rings. The van der Waals surface area contributed by atoms with Crippen molar-refractivity contribution in [1.82, 2.24) is 20.2 Å². The minimum absolute atomic E-state index is 0.744. The summed E-state index contributed by atoms with van der Waals surface area (Å²) in [5.41, 5.74) is 8.77. The molecule has 0 radical (unpaired) electrons. The third-order valence-electron chi connectivity index (χ3n) is 3.71. The second kappa shape index (κ2) is 4.99. The highest BCUT2D eigenvalue weighted by Crippen LogP contribution is 2.33. The van der Waals surface area contributed by atoms with E-state index in [2.05, 4.69) is 22.4 Å². The van der Waals surface area contributed by atoms with E-state index in [0.29, 0.717) is 0 Å². The Morgan fingerprint density at radius 3 is 3.00 bits per heavy atom. The van der Waals surface area contributed by atoms with Crippen LogP contribution in [0.5, 0.6) is 0 Å². The first-order chi connectivity index (χ1) is 9.24. The molecule has 0 amide bonds. The molecular formula is C14H19N5. The van der Waals surface area contributed by atoms with Gasteiger partial charge in [-0.2, -0.15) is 0 Å². The maximum absolute atomic E-state index is 5.85. The summed E-state index contributed by atoms with van der Waals surface area (Å²) in [6.07, 6.45) is 5.23. The van der Waals surface area contributed by atoms with Crippen molar-refractivity contribution in [3.05, 3.63) is 23.8 Å². The largest absolute Gasteiger partial charge is 0.399 e. The molecule has 0 atom stereocenters. The number of rotatable bonds is 5. The predicted octanol–water partition coefficient (Wildman–Crippen LogP) is 2.42. The van der Waals surface area contributed by atoms with Crippen molar-refractivity contribution in [1.29, 1.82) is 0 Å². The summed E-state index contributed by atoms with van der Waals surface area (Å²) in [6.45, 7) is 2.94. The maximum Gasteiger partial charge on any atom is 0.182 e. The predicted molar refractivity (Wildman–Crippen MR) is 74.4 cm³/mol. The van der Waals surface area contributed by atoms with Crippen LogP contribution in [0.4, 0.5) is 5.69 Å². The minimum Gasteiger partial charge on any atom is -0.399 e. The lowest BCUT2D eigenvalue weighted by atomic mass is 10.1. The molecule has 1 aromatic carbocycles. The van der Waals surface area contributed by atoms with Crippen LogP contribution in [-0.4, -0.2) is 20.2 Å². The molecule has 1 heterocycles. The summed E-state index contributed by atoms with van der Waals surface area (Å²) in [7, 11) is 0. The first kappa shape index (κ1) is 12.1. The van der Waals surface area contributed by atoms with Crippen LogP contribution in [0.3, 0.4) is 0 Å². The van der Waals surface area contributed by atoms with Gasteiger partial charge in [0.05, 0.1) is 0 Å². The average Bonchev–Trinajstić information content (AvgIpc) is 3.10. The highest BCUT2D eigenvalue weighted by atomic mass is 15.5. The monoisotopic (exact) mass is 257 g/mol. The summed E-state index contributed by atoms with van der Waals surface area (Å²) in [5.74, 6) is 1.77. The Balaban J connectivity index is 1.79. The lowest BCUT2D eigenvalue weighted by Crippen LogP contribution is -2.04. The van der Waals surface area contributed by atoms with Gasteiger partial charge in [-0.15, -0.1) is 5.10 Å². The molecule has 1 aliphatic rings. The van der Waals surface area contributed by atoms with Crippen LogP contribution in [0, 0.1) is 12.8 Å². The van der Waals surface area contributed by atoms with Crippen molar-refractivity contribution >= 4 is 5.69 Å². The van der Waals surface area contributed by atoms with Crippen LogP contribution >= 0.6 is 0 Å². The molecule has 1 aromatic heterocycles. The van der Waals surface area contributed by atoms with Crippen molar-refractivity contribution in [3.8, 4) is 11.4 Å². The van der Waals surface area contributed by atoms with Crippen molar-refractivity contribution in [2.45, 2.75) is 39.2 Å². The number of hydrogen-bond acceptors (Lipinski definition) is 4. The first-order valence-electron chi connectivity index (χ1n) is 6.86. The highest BCUT2D eigenvalue weighted by molar-refractivity contribution is 5.65. The smallest absolute Gasteiger partial charge is 0.182 e. The number of nitrogens with two attached hydrogens (primary N) is 1. The lowest BCUT2D eigenvalue weighted by molar-refractivity contribution is 0.526. The van der Waals surface area contributed by atoms with Crippen LogP contribution in [0.1, 0.15) is 31.2 Å². The third-order valence-corrected chi connectivity index (χ3v) is 3.71. The zero-order valence-electron chi connectivity index (χ0n) is 11.2. The quantitative estimate of drug-likeness (QED) is 0.835. The van der Waals surface area contributed by atoms with Gasteiger partial charge in [0.15, 0.2) is 5.82 Å². The summed E-state index contributed by atoms with van der Waals surface area (Å²) in [6, 6.07) is 5.85. The number of hydrogen-bond donors (Lipinski definition) is 1. The summed E-state index contributed by atoms with van der Waals surface area (Å²) in [4.78, 5) is 0. The molecule has 0 aliphatic heterocycles. The second-order valence-electron chi connectivity index (χ2n) is 5.39. The second-order valence-corrected chi connectivity index (χ2v) is 5.39. The number of nitrogens with zero attached hydrogens (tertiary/aromatic N) is 4. The number of aromatic nitrogens is 4. The Morgan fingerprint density at radius 1 is 1.37 bits per heavy atom. The molecule has 5 nitrogen and oxygen atoms in total. The van der Waals surface area contributed by atoms with Gasteiger partial charge < -0.3 is 5.73 Å². The Bertz CT molecular complexity index is 571. The number of aryl methyl sites for hydroxylation is 2. The average molecular weight is 257 g/mol. The third kappa shape index (κ3) is 2.75. The Kier molecular flexibility index (Phi) is 3.19. The molecule has 5 heteroatoms. The van der Waals surface area contributed by atoms with E-state index < -0.39 is 0 Å². The molecule has 0 unspecified atom stereocenters. The highest BCUT2D eigenvalue weighted by Gasteiger charge is 2.20. The molecule has 0 spiro atoms. The number of anilines is 1. The molecule has 0 saturated heterocycles. The van der Waals surface area contributed by atoms with Gasteiger partial charge in [0.25, 0.3) is 0 Å². The van der Waals surface area contributed by atoms with Crippen LogP contribution in [0.25, 0.3) is 11.4 Å². The minimum atomic E-state index is 0.744. The summed E-state index contributed by atoms with van der Waals surface area (Å²) in [5, 5.41) is 12.0. The zero-order chi connectivity index (χ0) is 13.2. The first-order valence-corrected chi connectivity index (χ1v) is 6.86. The number of tetrazole rings is 1. The van der Waals surface area contributed by atoms with E-state index >= 15 is 0 Å². The van der Waals surface area contributed by atoms with Gasteiger partial charge in [-0.25, -0.2) is 4.68 Å². The fourth-order valence-electron chi connectivity index (χ4n) is 2.36. The molecule has 3 rings (SSSR count). The van der Waals surface area contributed by atoms with Crippen molar-refractivity contribution in [3.63, 3.8) is 0 Å². The van der Waals surface area contributed by atoms with E-state index in [9.17, 15) is 0 Å². The maximum atomic E-state index is 5.85. The Morgan fingerprint density at radius 2 is 2.21 bits per heavy atom. The van der Waals surface area contributed by atoms with Crippen LogP contribution < -0.4 is 5.73 Å². The van der Waals surface area contributed by atoms with E-state index in [0.717, 1.165) is 41.5 Å². The normalized spacial score (nSPS) is 14.8. The van der Waals surface area contributed by atoms with Gasteiger partial charge in [0.2, 0.25) is 0 Å². The molecule has 1 saturated carbocycles. The molecule has 19 heavy (non-hydrogen) atoms. The Hall–Kier alpha value is -1.91. The molecule has 100 valence electrons. The standard InChI is InChI=1S/C14H19N5/c1-10-4-7-12(15)9-13(10)14-16-17-18-19(14)8-2-3-11-5-6-11/h4,7,9,11H,2-3,5-6,8,15H2,1H3. The van der Waals surface area contributed by atoms with Crippen LogP contribution in [-0.2, 0) is 6.54 Å². The van der Waals surface area contributed by atoms with Crippen LogP contribution in [0.15, 0.2) is 18.2 Å². The van der Waals surface area contributed by atoms with Gasteiger partial charge in [0.1, 0.15) is 0 Å². The fourth-order valence-corrected chi connectivity index (χ4v) is 2.36. The fraction of sp³-hybridized carbons (Fsp3) is 0.500. The van der Waals surface area contributed by atoms with Gasteiger partial charge in [-0.05, 0) is 53.8 Å². The zero-order valence-corrected chi connectivity index (χ0v) is 11.2. The molecule has 0 bridgehead atoms. The van der Waals surface area contributed by atoms with Gasteiger partial charge in [0, 0.05) is 17.8 Å². The molecule has 2 N–H and O–H groups in total. The van der Waals surface area contributed by atoms with Gasteiger partial charge >= 0.3 is 0 Å².